The molecule has 8 heteroatoms. The van der Waals surface area contributed by atoms with Gasteiger partial charge in [0.15, 0.2) is 0 Å². The lowest BCUT2D eigenvalue weighted by atomic mass is 10.1. The topological polar surface area (TPSA) is 64.4 Å². The Morgan fingerprint density at radius 2 is 1.92 bits per heavy atom. The second-order valence-electron chi connectivity index (χ2n) is 5.52. The molecule has 0 aliphatic carbocycles. The summed E-state index contributed by atoms with van der Waals surface area (Å²) in [6.07, 6.45) is -3.54. The first-order valence-electron chi connectivity index (χ1n) is 7.76. The first-order chi connectivity index (χ1) is 11.8. The molecule has 0 aliphatic heterocycles. The van der Waals surface area contributed by atoms with Crippen LogP contribution in [-0.2, 0) is 17.4 Å². The van der Waals surface area contributed by atoms with Crippen LogP contribution in [0.2, 0.25) is 0 Å². The Labute approximate surface area is 143 Å². The fraction of sp³-hybridized carbons (Fsp3) is 0.412. The molecular formula is C17H19F3N2O3. The van der Waals surface area contributed by atoms with Gasteiger partial charge in [-0.05, 0) is 44.5 Å². The highest BCUT2D eigenvalue weighted by Crippen LogP contribution is 2.30. The molecule has 1 amide bonds. The third-order valence-corrected chi connectivity index (χ3v) is 3.66. The van der Waals surface area contributed by atoms with Gasteiger partial charge >= 0.3 is 6.18 Å². The van der Waals surface area contributed by atoms with Gasteiger partial charge in [0.25, 0.3) is 0 Å². The van der Waals surface area contributed by atoms with Gasteiger partial charge in [0.05, 0.1) is 17.8 Å². The number of nitrogens with one attached hydrogen (secondary N) is 1. The second-order valence-corrected chi connectivity index (χ2v) is 5.52. The lowest BCUT2D eigenvalue weighted by Crippen LogP contribution is -2.28. The van der Waals surface area contributed by atoms with Crippen LogP contribution >= 0.6 is 0 Å². The van der Waals surface area contributed by atoms with Gasteiger partial charge in [-0.3, -0.25) is 4.79 Å². The molecule has 0 unspecified atom stereocenters. The minimum absolute atomic E-state index is 0.143. The number of halogens is 3. The average Bonchev–Trinajstić information content (AvgIpc) is 2.88. The lowest BCUT2D eigenvalue weighted by Gasteiger charge is -2.10. The van der Waals surface area contributed by atoms with Gasteiger partial charge in [-0.25, -0.2) is 0 Å². The third kappa shape index (κ3) is 5.51. The second kappa shape index (κ2) is 8.04. The van der Waals surface area contributed by atoms with E-state index in [1.165, 1.54) is 12.1 Å². The van der Waals surface area contributed by atoms with Gasteiger partial charge in [-0.1, -0.05) is 5.16 Å². The molecule has 1 heterocycles. The maximum absolute atomic E-state index is 12.4. The summed E-state index contributed by atoms with van der Waals surface area (Å²) in [6, 6.07) is 4.42. The highest BCUT2D eigenvalue weighted by atomic mass is 19.4. The van der Waals surface area contributed by atoms with E-state index in [0.717, 1.165) is 23.4 Å². The summed E-state index contributed by atoms with van der Waals surface area (Å²) < 4.78 is 47.7. The minimum atomic E-state index is -4.37. The van der Waals surface area contributed by atoms with Crippen molar-refractivity contribution in [2.75, 3.05) is 13.2 Å². The predicted molar refractivity (Wildman–Crippen MR) is 84.2 cm³/mol. The number of amides is 1. The smallest absolute Gasteiger partial charge is 0.416 e. The molecule has 0 bridgehead atoms. The number of benzene rings is 1. The lowest BCUT2D eigenvalue weighted by molar-refractivity contribution is -0.137. The van der Waals surface area contributed by atoms with Crippen molar-refractivity contribution in [2.24, 2.45) is 0 Å². The number of nitrogens with zero attached hydrogens (tertiary/aromatic N) is 1. The average molecular weight is 356 g/mol. The summed E-state index contributed by atoms with van der Waals surface area (Å²) in [6.45, 7) is 4.05. The highest BCUT2D eigenvalue weighted by molar-refractivity contribution is 5.76. The van der Waals surface area contributed by atoms with E-state index in [1.807, 2.05) is 6.92 Å². The van der Waals surface area contributed by atoms with Crippen LogP contribution in [0.4, 0.5) is 13.2 Å². The van der Waals surface area contributed by atoms with Crippen LogP contribution in [0.1, 0.15) is 29.0 Å². The molecule has 25 heavy (non-hydrogen) atoms. The molecule has 1 N–H and O–H groups in total. The van der Waals surface area contributed by atoms with Crippen LogP contribution in [0.3, 0.4) is 0 Å². The summed E-state index contributed by atoms with van der Waals surface area (Å²) in [5.74, 6) is 0.880. The zero-order chi connectivity index (χ0) is 18.4. The summed E-state index contributed by atoms with van der Waals surface area (Å²) in [5, 5.41) is 6.52. The van der Waals surface area contributed by atoms with Gasteiger partial charge in [0.1, 0.15) is 18.1 Å². The van der Waals surface area contributed by atoms with E-state index in [9.17, 15) is 18.0 Å². The van der Waals surface area contributed by atoms with E-state index >= 15 is 0 Å². The molecular weight excluding hydrogens is 337 g/mol. The van der Waals surface area contributed by atoms with Crippen molar-refractivity contribution in [3.8, 4) is 5.75 Å². The molecule has 0 radical (unpaired) electrons. The first-order valence-corrected chi connectivity index (χ1v) is 7.76. The molecule has 0 saturated heterocycles. The summed E-state index contributed by atoms with van der Waals surface area (Å²) in [5.41, 5.74) is 0.972. The molecule has 0 atom stereocenters. The molecule has 1 aromatic heterocycles. The number of rotatable bonds is 7. The number of hydrogen-bond donors (Lipinski definition) is 1. The number of alkyl halides is 3. The van der Waals surface area contributed by atoms with E-state index in [-0.39, 0.29) is 19.1 Å². The quantitative estimate of drug-likeness (QED) is 0.772. The van der Waals surface area contributed by atoms with Gasteiger partial charge in [0.2, 0.25) is 5.91 Å². The maximum atomic E-state index is 12.4. The van der Waals surface area contributed by atoms with Crippen molar-refractivity contribution in [1.29, 1.82) is 0 Å². The molecule has 2 rings (SSSR count). The van der Waals surface area contributed by atoms with E-state index in [0.29, 0.717) is 24.4 Å². The number of hydrogen-bond acceptors (Lipinski definition) is 4. The molecule has 5 nitrogen and oxygen atoms in total. The Morgan fingerprint density at radius 3 is 2.48 bits per heavy atom. The molecule has 0 spiro atoms. The zero-order valence-electron chi connectivity index (χ0n) is 13.9. The van der Waals surface area contributed by atoms with Crippen LogP contribution in [0.25, 0.3) is 0 Å². The Balaban J connectivity index is 1.68. The Hall–Kier alpha value is -2.51. The van der Waals surface area contributed by atoms with Gasteiger partial charge < -0.3 is 14.6 Å². The van der Waals surface area contributed by atoms with E-state index in [1.54, 1.807) is 6.92 Å². The monoisotopic (exact) mass is 356 g/mol. The maximum Gasteiger partial charge on any atom is 0.416 e. The molecule has 2 aromatic rings. The number of aryl methyl sites for hydroxylation is 2. The molecule has 1 aromatic carbocycles. The molecule has 0 saturated carbocycles. The molecule has 0 fully saturated rings. The van der Waals surface area contributed by atoms with Crippen molar-refractivity contribution in [3.63, 3.8) is 0 Å². The van der Waals surface area contributed by atoms with Crippen molar-refractivity contribution in [3.05, 3.63) is 46.8 Å². The fourth-order valence-electron chi connectivity index (χ4n) is 2.29. The van der Waals surface area contributed by atoms with Crippen molar-refractivity contribution in [1.82, 2.24) is 10.5 Å². The largest absolute Gasteiger partial charge is 0.492 e. The number of carbonyl (C=O) groups is 1. The predicted octanol–water partition coefficient (Wildman–Crippen LogP) is 3.44. The van der Waals surface area contributed by atoms with Crippen molar-refractivity contribution in [2.45, 2.75) is 32.9 Å². The van der Waals surface area contributed by atoms with Crippen LogP contribution < -0.4 is 10.1 Å². The first kappa shape index (κ1) is 18.8. The van der Waals surface area contributed by atoms with Gasteiger partial charge in [-0.2, -0.15) is 13.2 Å². The van der Waals surface area contributed by atoms with E-state index in [2.05, 4.69) is 10.5 Å². The Morgan fingerprint density at radius 1 is 1.24 bits per heavy atom. The highest BCUT2D eigenvalue weighted by Gasteiger charge is 2.29. The SMILES string of the molecule is Cc1noc(C)c1CCC(=O)NCCOc1ccc(C(F)(F)F)cc1. The van der Waals surface area contributed by atoms with Gasteiger partial charge in [0, 0.05) is 12.0 Å². The number of ether oxygens (including phenoxy) is 1. The van der Waals surface area contributed by atoms with Crippen LogP contribution in [0.15, 0.2) is 28.8 Å². The van der Waals surface area contributed by atoms with Crippen LogP contribution in [0.5, 0.6) is 5.75 Å². The number of aromatic nitrogens is 1. The summed E-state index contributed by atoms with van der Waals surface area (Å²) >= 11 is 0. The Kier molecular flexibility index (Phi) is 6.06. The number of carbonyl (C=O) groups excluding carboxylic acids is 1. The third-order valence-electron chi connectivity index (χ3n) is 3.66. The van der Waals surface area contributed by atoms with Crippen molar-refractivity contribution >= 4 is 5.91 Å². The fourth-order valence-corrected chi connectivity index (χ4v) is 2.29. The normalized spacial score (nSPS) is 11.4. The van der Waals surface area contributed by atoms with Crippen LogP contribution in [0, 0.1) is 13.8 Å². The van der Waals surface area contributed by atoms with E-state index < -0.39 is 11.7 Å². The molecule has 136 valence electrons. The standard InChI is InChI=1S/C17H19F3N2O3/c1-11-15(12(2)25-22-11)7-8-16(23)21-9-10-24-14-5-3-13(4-6-14)17(18,19)20/h3-6H,7-10H2,1-2H3,(H,21,23). The van der Waals surface area contributed by atoms with Crippen LogP contribution in [-0.4, -0.2) is 24.2 Å². The summed E-state index contributed by atoms with van der Waals surface area (Å²) in [7, 11) is 0. The zero-order valence-corrected chi connectivity index (χ0v) is 13.9. The summed E-state index contributed by atoms with van der Waals surface area (Å²) in [4.78, 5) is 11.8. The molecule has 0 aliphatic rings. The van der Waals surface area contributed by atoms with Gasteiger partial charge in [-0.15, -0.1) is 0 Å². The van der Waals surface area contributed by atoms with Crippen molar-refractivity contribution < 1.29 is 27.2 Å². The van der Waals surface area contributed by atoms with E-state index in [4.69, 9.17) is 9.26 Å². The minimum Gasteiger partial charge on any atom is -0.492 e. The Bertz CT molecular complexity index is 689.